The highest BCUT2D eigenvalue weighted by atomic mass is 35.5. The van der Waals surface area contributed by atoms with E-state index in [4.69, 9.17) is 17.3 Å². The zero-order chi connectivity index (χ0) is 10.6. The van der Waals surface area contributed by atoms with E-state index in [2.05, 4.69) is 26.0 Å². The Morgan fingerprint density at radius 3 is 2.27 bits per heavy atom. The van der Waals surface area contributed by atoms with E-state index in [1.807, 2.05) is 12.1 Å². The monoisotopic (exact) mass is 247 g/mol. The van der Waals surface area contributed by atoms with Crippen molar-refractivity contribution in [3.05, 3.63) is 34.9 Å². The Hall–Kier alpha value is -0.240. The minimum absolute atomic E-state index is 0. The number of halogens is 2. The van der Waals surface area contributed by atoms with Gasteiger partial charge in [-0.05, 0) is 36.5 Å². The van der Waals surface area contributed by atoms with Crippen LogP contribution in [-0.4, -0.2) is 6.04 Å². The van der Waals surface area contributed by atoms with Crippen LogP contribution in [0.5, 0.6) is 0 Å². The van der Waals surface area contributed by atoms with Gasteiger partial charge < -0.3 is 5.73 Å². The van der Waals surface area contributed by atoms with Gasteiger partial charge >= 0.3 is 0 Å². The predicted octanol–water partition coefficient (Wildman–Crippen LogP) is 3.68. The summed E-state index contributed by atoms with van der Waals surface area (Å²) in [4.78, 5) is 0. The summed E-state index contributed by atoms with van der Waals surface area (Å²) in [7, 11) is 0. The molecule has 0 aliphatic carbocycles. The van der Waals surface area contributed by atoms with Gasteiger partial charge in [-0.15, -0.1) is 12.4 Å². The maximum atomic E-state index is 5.97. The quantitative estimate of drug-likeness (QED) is 0.864. The van der Waals surface area contributed by atoms with Crippen molar-refractivity contribution in [1.82, 2.24) is 0 Å². The molecular weight excluding hydrogens is 229 g/mol. The van der Waals surface area contributed by atoms with E-state index in [9.17, 15) is 0 Å². The molecule has 0 amide bonds. The summed E-state index contributed by atoms with van der Waals surface area (Å²) in [5.41, 5.74) is 7.28. The number of rotatable bonds is 4. The lowest BCUT2D eigenvalue weighted by Gasteiger charge is -2.18. The third kappa shape index (κ3) is 4.87. The Morgan fingerprint density at radius 2 is 1.80 bits per heavy atom. The van der Waals surface area contributed by atoms with Crippen molar-refractivity contribution in [1.29, 1.82) is 0 Å². The fraction of sp³-hybridized carbons (Fsp3) is 0.500. The molecule has 1 aromatic carbocycles. The first-order valence-corrected chi connectivity index (χ1v) is 5.51. The van der Waals surface area contributed by atoms with Gasteiger partial charge in [0.15, 0.2) is 0 Å². The van der Waals surface area contributed by atoms with Crippen LogP contribution < -0.4 is 5.73 Å². The minimum atomic E-state index is 0. The molecule has 1 rings (SSSR count). The van der Waals surface area contributed by atoms with Crippen molar-refractivity contribution in [3.8, 4) is 0 Å². The van der Waals surface area contributed by atoms with Gasteiger partial charge in [0.1, 0.15) is 0 Å². The van der Waals surface area contributed by atoms with Crippen LogP contribution in [0.3, 0.4) is 0 Å². The van der Waals surface area contributed by atoms with Crippen LogP contribution in [0.1, 0.15) is 25.8 Å². The highest BCUT2D eigenvalue weighted by Crippen LogP contribution is 2.15. The Balaban J connectivity index is 0.00000196. The van der Waals surface area contributed by atoms with Gasteiger partial charge in [-0.2, -0.15) is 0 Å². The topological polar surface area (TPSA) is 26.0 Å². The molecule has 0 radical (unpaired) electrons. The second-order valence-electron chi connectivity index (χ2n) is 3.88. The summed E-state index contributed by atoms with van der Waals surface area (Å²) < 4.78 is 0. The largest absolute Gasteiger partial charge is 0.327 e. The van der Waals surface area contributed by atoms with Crippen LogP contribution in [-0.2, 0) is 6.42 Å². The average Bonchev–Trinajstić information content (AvgIpc) is 2.20. The molecule has 0 aliphatic heterocycles. The molecule has 0 saturated heterocycles. The standard InChI is InChI=1S/C12H18ClN.ClH/c1-3-12(14)9(2)8-10-4-6-11(13)7-5-10;/h4-7,9,12H,3,8,14H2,1-2H3;1H/t9?,12-;/m0./s1. The second kappa shape index (κ2) is 7.10. The normalized spacial score (nSPS) is 14.1. The van der Waals surface area contributed by atoms with Crippen LogP contribution in [0.25, 0.3) is 0 Å². The van der Waals surface area contributed by atoms with Crippen molar-refractivity contribution in [2.24, 2.45) is 11.7 Å². The Morgan fingerprint density at radius 1 is 1.27 bits per heavy atom. The summed E-state index contributed by atoms with van der Waals surface area (Å²) >= 11 is 5.81. The minimum Gasteiger partial charge on any atom is -0.327 e. The lowest BCUT2D eigenvalue weighted by Crippen LogP contribution is -2.28. The van der Waals surface area contributed by atoms with Crippen LogP contribution in [0.4, 0.5) is 0 Å². The molecule has 0 saturated carbocycles. The van der Waals surface area contributed by atoms with Crippen molar-refractivity contribution in [2.45, 2.75) is 32.7 Å². The van der Waals surface area contributed by atoms with Gasteiger partial charge in [0, 0.05) is 11.1 Å². The molecule has 86 valence electrons. The van der Waals surface area contributed by atoms with E-state index in [0.717, 1.165) is 17.9 Å². The molecule has 15 heavy (non-hydrogen) atoms. The van der Waals surface area contributed by atoms with Gasteiger partial charge in [0.05, 0.1) is 0 Å². The van der Waals surface area contributed by atoms with Crippen molar-refractivity contribution < 1.29 is 0 Å². The maximum absolute atomic E-state index is 5.97. The van der Waals surface area contributed by atoms with Crippen LogP contribution in [0, 0.1) is 5.92 Å². The van der Waals surface area contributed by atoms with Crippen LogP contribution in [0.2, 0.25) is 5.02 Å². The Kier molecular flexibility index (Phi) is 6.99. The summed E-state index contributed by atoms with van der Waals surface area (Å²) in [5.74, 6) is 0.529. The van der Waals surface area contributed by atoms with E-state index >= 15 is 0 Å². The van der Waals surface area contributed by atoms with E-state index in [0.29, 0.717) is 12.0 Å². The molecular formula is C12H19Cl2N. The molecule has 0 aliphatic rings. The SMILES string of the molecule is CC[C@H](N)C(C)Cc1ccc(Cl)cc1.Cl. The first-order chi connectivity index (χ1) is 6.63. The fourth-order valence-electron chi connectivity index (χ4n) is 1.55. The zero-order valence-electron chi connectivity index (χ0n) is 9.24. The average molecular weight is 248 g/mol. The second-order valence-corrected chi connectivity index (χ2v) is 4.32. The van der Waals surface area contributed by atoms with Gasteiger partial charge in [-0.1, -0.05) is 37.6 Å². The molecule has 0 spiro atoms. The third-order valence-corrected chi connectivity index (χ3v) is 2.93. The van der Waals surface area contributed by atoms with Gasteiger partial charge in [0.25, 0.3) is 0 Å². The highest BCUT2D eigenvalue weighted by Gasteiger charge is 2.10. The van der Waals surface area contributed by atoms with Crippen LogP contribution >= 0.6 is 24.0 Å². The van der Waals surface area contributed by atoms with Gasteiger partial charge in [-0.25, -0.2) is 0 Å². The van der Waals surface area contributed by atoms with Crippen molar-refractivity contribution in [3.63, 3.8) is 0 Å². The number of hydrogen-bond donors (Lipinski definition) is 1. The molecule has 1 aromatic rings. The van der Waals surface area contributed by atoms with Gasteiger partial charge in [0.2, 0.25) is 0 Å². The third-order valence-electron chi connectivity index (χ3n) is 2.67. The lowest BCUT2D eigenvalue weighted by molar-refractivity contribution is 0.442. The zero-order valence-corrected chi connectivity index (χ0v) is 10.8. The lowest BCUT2D eigenvalue weighted by atomic mass is 9.93. The first kappa shape index (κ1) is 14.8. The summed E-state index contributed by atoms with van der Waals surface area (Å²) in [6, 6.07) is 8.30. The molecule has 1 nitrogen and oxygen atoms in total. The molecule has 0 aromatic heterocycles. The molecule has 0 fully saturated rings. The summed E-state index contributed by atoms with van der Waals surface area (Å²) in [6.07, 6.45) is 2.07. The highest BCUT2D eigenvalue weighted by molar-refractivity contribution is 6.30. The molecule has 0 bridgehead atoms. The van der Waals surface area contributed by atoms with Crippen LogP contribution in [0.15, 0.2) is 24.3 Å². The van der Waals surface area contributed by atoms with E-state index in [1.165, 1.54) is 5.56 Å². The molecule has 2 atom stereocenters. The van der Waals surface area contributed by atoms with E-state index < -0.39 is 0 Å². The van der Waals surface area contributed by atoms with Crippen molar-refractivity contribution >= 4 is 24.0 Å². The fourth-order valence-corrected chi connectivity index (χ4v) is 1.67. The Bertz CT molecular complexity index is 271. The number of nitrogens with two attached hydrogens (primary N) is 1. The summed E-state index contributed by atoms with van der Waals surface area (Å²) in [6.45, 7) is 4.33. The maximum Gasteiger partial charge on any atom is 0.0406 e. The van der Waals surface area contributed by atoms with E-state index in [1.54, 1.807) is 0 Å². The molecule has 3 heteroatoms. The smallest absolute Gasteiger partial charge is 0.0406 e. The van der Waals surface area contributed by atoms with E-state index in [-0.39, 0.29) is 12.4 Å². The molecule has 2 N–H and O–H groups in total. The Labute approximate surface area is 103 Å². The van der Waals surface area contributed by atoms with Gasteiger partial charge in [-0.3, -0.25) is 0 Å². The predicted molar refractivity (Wildman–Crippen MR) is 69.8 cm³/mol. The number of benzene rings is 1. The summed E-state index contributed by atoms with van der Waals surface area (Å²) in [5, 5.41) is 0.793. The number of hydrogen-bond acceptors (Lipinski definition) is 1. The first-order valence-electron chi connectivity index (χ1n) is 5.13. The van der Waals surface area contributed by atoms with Crippen molar-refractivity contribution in [2.75, 3.05) is 0 Å². The molecule has 0 heterocycles. The molecule has 1 unspecified atom stereocenters.